The van der Waals surface area contributed by atoms with Crippen LogP contribution in [-0.4, -0.2) is 22.4 Å². The lowest BCUT2D eigenvalue weighted by atomic mass is 9.84. The van der Waals surface area contributed by atoms with Crippen LogP contribution >= 0.6 is 0 Å². The Morgan fingerprint density at radius 2 is 1.60 bits per heavy atom. The summed E-state index contributed by atoms with van der Waals surface area (Å²) in [5, 5.41) is 18.4. The molecule has 2 N–H and O–H groups in total. The highest BCUT2D eigenvalue weighted by Gasteiger charge is 2.53. The van der Waals surface area contributed by atoms with Gasteiger partial charge in [0.15, 0.2) is 0 Å². The molecular formula is C8H14O2. The normalized spacial score (nSPS) is 53.4. The molecule has 2 saturated carbocycles. The number of aliphatic hydroxyl groups is 2. The molecule has 10 heavy (non-hydrogen) atoms. The van der Waals surface area contributed by atoms with E-state index in [2.05, 4.69) is 0 Å². The van der Waals surface area contributed by atoms with E-state index in [1.165, 1.54) is 0 Å². The molecule has 1 spiro atoms. The maximum Gasteiger partial charge on any atom is 0.0603 e. The Morgan fingerprint density at radius 3 is 2.00 bits per heavy atom. The molecule has 1 unspecified atom stereocenters. The number of rotatable bonds is 0. The quantitative estimate of drug-likeness (QED) is 0.522. The van der Waals surface area contributed by atoms with Gasteiger partial charge in [0, 0.05) is 0 Å². The molecule has 0 aromatic heterocycles. The van der Waals surface area contributed by atoms with E-state index < -0.39 is 0 Å². The Kier molecular flexibility index (Phi) is 1.29. The summed E-state index contributed by atoms with van der Waals surface area (Å²) in [6.45, 7) is 0. The van der Waals surface area contributed by atoms with Crippen LogP contribution in [-0.2, 0) is 0 Å². The summed E-state index contributed by atoms with van der Waals surface area (Å²) in [7, 11) is 0. The van der Waals surface area contributed by atoms with Crippen LogP contribution in [0, 0.1) is 5.41 Å². The van der Waals surface area contributed by atoms with Crippen molar-refractivity contribution in [2.45, 2.75) is 44.3 Å². The maximum atomic E-state index is 9.25. The van der Waals surface area contributed by atoms with Gasteiger partial charge in [-0.25, -0.2) is 0 Å². The van der Waals surface area contributed by atoms with E-state index >= 15 is 0 Å². The van der Waals surface area contributed by atoms with E-state index in [4.69, 9.17) is 0 Å². The lowest BCUT2D eigenvalue weighted by Gasteiger charge is -2.24. The topological polar surface area (TPSA) is 40.5 Å². The molecule has 0 bridgehead atoms. The Balaban J connectivity index is 1.93. The molecular weight excluding hydrogens is 128 g/mol. The van der Waals surface area contributed by atoms with Gasteiger partial charge in [0.25, 0.3) is 0 Å². The Labute approximate surface area is 60.9 Å². The summed E-state index contributed by atoms with van der Waals surface area (Å²) in [5.74, 6) is 0. The van der Waals surface area contributed by atoms with Gasteiger partial charge in [0.1, 0.15) is 0 Å². The third-order valence-electron chi connectivity index (χ3n) is 3.10. The number of hydrogen-bond acceptors (Lipinski definition) is 2. The zero-order valence-electron chi connectivity index (χ0n) is 6.08. The van der Waals surface area contributed by atoms with Gasteiger partial charge in [-0.1, -0.05) is 0 Å². The summed E-state index contributed by atoms with van der Waals surface area (Å²) in [6, 6.07) is 0. The van der Waals surface area contributed by atoms with Crippen LogP contribution in [0.25, 0.3) is 0 Å². The van der Waals surface area contributed by atoms with Crippen LogP contribution in [0.1, 0.15) is 32.1 Å². The van der Waals surface area contributed by atoms with Gasteiger partial charge in [0.05, 0.1) is 12.2 Å². The van der Waals surface area contributed by atoms with Crippen molar-refractivity contribution >= 4 is 0 Å². The first-order valence-corrected chi connectivity index (χ1v) is 4.09. The highest BCUT2D eigenvalue weighted by molar-refractivity contribution is 5.04. The molecule has 2 heteroatoms. The summed E-state index contributed by atoms with van der Waals surface area (Å²) in [6.07, 6.45) is 4.73. The molecule has 2 nitrogen and oxygen atoms in total. The van der Waals surface area contributed by atoms with Gasteiger partial charge in [-0.15, -0.1) is 0 Å². The lowest BCUT2D eigenvalue weighted by Crippen LogP contribution is -2.21. The second-order valence-corrected chi connectivity index (χ2v) is 3.81. The minimum Gasteiger partial charge on any atom is -0.393 e. The highest BCUT2D eigenvalue weighted by Crippen LogP contribution is 2.56. The molecule has 0 heterocycles. The van der Waals surface area contributed by atoms with Crippen molar-refractivity contribution in [2.24, 2.45) is 5.41 Å². The number of hydrogen-bond donors (Lipinski definition) is 2. The van der Waals surface area contributed by atoms with Crippen molar-refractivity contribution in [2.75, 3.05) is 0 Å². The van der Waals surface area contributed by atoms with Crippen LogP contribution in [0.3, 0.4) is 0 Å². The molecule has 2 fully saturated rings. The van der Waals surface area contributed by atoms with Crippen LogP contribution in [0.4, 0.5) is 0 Å². The van der Waals surface area contributed by atoms with Gasteiger partial charge < -0.3 is 10.2 Å². The fourth-order valence-corrected chi connectivity index (χ4v) is 2.04. The largest absolute Gasteiger partial charge is 0.393 e. The van der Waals surface area contributed by atoms with Crippen molar-refractivity contribution in [3.63, 3.8) is 0 Å². The standard InChI is InChI=1S/C8H14O2/c9-6-1-3-8(4-2-6)5-7(8)10/h6-7,9-10H,1-5H2. The molecule has 1 atom stereocenters. The molecule has 2 aliphatic rings. The summed E-state index contributed by atoms with van der Waals surface area (Å²) < 4.78 is 0. The SMILES string of the molecule is OC1CCC2(CC1)CC2O. The predicted octanol–water partition coefficient (Wildman–Crippen LogP) is 0.672. The molecule has 0 radical (unpaired) electrons. The Hall–Kier alpha value is -0.0800. The fraction of sp³-hybridized carbons (Fsp3) is 1.00. The minimum atomic E-state index is -0.0848. The van der Waals surface area contributed by atoms with Crippen LogP contribution in [0.5, 0.6) is 0 Å². The fourth-order valence-electron chi connectivity index (χ4n) is 2.04. The van der Waals surface area contributed by atoms with Gasteiger partial charge in [-0.05, 0) is 37.5 Å². The zero-order valence-corrected chi connectivity index (χ0v) is 6.08. The van der Waals surface area contributed by atoms with E-state index in [0.717, 1.165) is 32.1 Å². The van der Waals surface area contributed by atoms with E-state index in [9.17, 15) is 10.2 Å². The lowest BCUT2D eigenvalue weighted by molar-refractivity contribution is 0.0830. The first-order chi connectivity index (χ1) is 4.73. The van der Waals surface area contributed by atoms with E-state index in [1.807, 2.05) is 0 Å². The van der Waals surface area contributed by atoms with E-state index in [-0.39, 0.29) is 17.6 Å². The first-order valence-electron chi connectivity index (χ1n) is 4.09. The third-order valence-corrected chi connectivity index (χ3v) is 3.10. The van der Waals surface area contributed by atoms with Crippen molar-refractivity contribution in [3.8, 4) is 0 Å². The maximum absolute atomic E-state index is 9.25. The van der Waals surface area contributed by atoms with E-state index in [1.54, 1.807) is 0 Å². The summed E-state index contributed by atoms with van der Waals surface area (Å²) >= 11 is 0. The summed E-state index contributed by atoms with van der Waals surface area (Å²) in [4.78, 5) is 0. The Morgan fingerprint density at radius 1 is 1.10 bits per heavy atom. The highest BCUT2D eigenvalue weighted by atomic mass is 16.3. The second kappa shape index (κ2) is 1.95. The monoisotopic (exact) mass is 142 g/mol. The second-order valence-electron chi connectivity index (χ2n) is 3.81. The Bertz CT molecular complexity index is 136. The molecule has 2 rings (SSSR count). The van der Waals surface area contributed by atoms with Crippen molar-refractivity contribution < 1.29 is 10.2 Å². The van der Waals surface area contributed by atoms with Crippen LogP contribution in [0.15, 0.2) is 0 Å². The van der Waals surface area contributed by atoms with Crippen molar-refractivity contribution in [1.29, 1.82) is 0 Å². The molecule has 0 aliphatic heterocycles. The van der Waals surface area contributed by atoms with Gasteiger partial charge >= 0.3 is 0 Å². The molecule has 0 saturated heterocycles. The summed E-state index contributed by atoms with van der Waals surface area (Å²) in [5.41, 5.74) is 0.263. The molecule has 2 aliphatic carbocycles. The molecule has 0 aromatic carbocycles. The van der Waals surface area contributed by atoms with Gasteiger partial charge in [-0.2, -0.15) is 0 Å². The third kappa shape index (κ3) is 0.867. The van der Waals surface area contributed by atoms with Crippen molar-refractivity contribution in [3.05, 3.63) is 0 Å². The van der Waals surface area contributed by atoms with Crippen LogP contribution < -0.4 is 0 Å². The van der Waals surface area contributed by atoms with Gasteiger partial charge in [-0.3, -0.25) is 0 Å². The number of aliphatic hydroxyl groups excluding tert-OH is 2. The predicted molar refractivity (Wildman–Crippen MR) is 37.5 cm³/mol. The van der Waals surface area contributed by atoms with Crippen molar-refractivity contribution in [1.82, 2.24) is 0 Å². The van der Waals surface area contributed by atoms with Gasteiger partial charge in [0.2, 0.25) is 0 Å². The minimum absolute atomic E-state index is 0.0417. The zero-order chi connectivity index (χ0) is 7.19. The average molecular weight is 142 g/mol. The van der Waals surface area contributed by atoms with Crippen LogP contribution in [0.2, 0.25) is 0 Å². The first kappa shape index (κ1) is 6.62. The van der Waals surface area contributed by atoms with E-state index in [0.29, 0.717) is 0 Å². The molecule has 0 aromatic rings. The average Bonchev–Trinajstić information content (AvgIpc) is 2.53. The molecule has 0 amide bonds. The smallest absolute Gasteiger partial charge is 0.0603 e. The molecule has 58 valence electrons.